The largest absolute Gasteiger partial charge is 0.457 e. The molecule has 1 aliphatic heterocycles. The zero-order valence-corrected chi connectivity index (χ0v) is 39.3. The topological polar surface area (TPSA) is 33.5 Å². The average molecular weight is 911 g/mol. The van der Waals surface area contributed by atoms with Crippen molar-refractivity contribution in [3.63, 3.8) is 0 Å². The van der Waals surface area contributed by atoms with Gasteiger partial charge in [0.15, 0.2) is 0 Å². The van der Waals surface area contributed by atoms with Gasteiger partial charge >= 0.3 is 0 Å². The van der Waals surface area contributed by atoms with Gasteiger partial charge in [0.1, 0.15) is 35.6 Å². The second kappa shape index (κ2) is 16.9. The van der Waals surface area contributed by atoms with Crippen LogP contribution in [0.1, 0.15) is 58.2 Å². The fourth-order valence-electron chi connectivity index (χ4n) is 9.43. The van der Waals surface area contributed by atoms with E-state index >= 15 is 8.78 Å². The van der Waals surface area contributed by atoms with Crippen LogP contribution in [0.5, 0.6) is 11.5 Å². The number of halogens is 2. The van der Waals surface area contributed by atoms with Gasteiger partial charge in [-0.2, -0.15) is 0 Å². The number of pyridine rings is 1. The summed E-state index contributed by atoms with van der Waals surface area (Å²) in [7, 11) is 0. The van der Waals surface area contributed by atoms with Crippen molar-refractivity contribution < 1.29 is 19.0 Å². The van der Waals surface area contributed by atoms with Gasteiger partial charge in [0.05, 0.1) is 33.6 Å². The van der Waals surface area contributed by atoms with Gasteiger partial charge in [0.2, 0.25) is 0 Å². The summed E-state index contributed by atoms with van der Waals surface area (Å²) in [6.07, 6.45) is 1.85. The third-order valence-electron chi connectivity index (χ3n) is 12.9. The molecule has 11 rings (SSSR count). The molecule has 0 radical (unpaired) electrons. The summed E-state index contributed by atoms with van der Waals surface area (Å²) in [6.45, 7) is 12.5. The molecule has 0 N–H and O–H groups in total. The quantitative estimate of drug-likeness (QED) is 0.152. The fourth-order valence-corrected chi connectivity index (χ4v) is 9.43. The molecular formula is C62H52F2N4O. The van der Waals surface area contributed by atoms with Crippen LogP contribution in [-0.4, -0.2) is 16.2 Å². The lowest BCUT2D eigenvalue weighted by molar-refractivity contribution is 0.483. The molecule has 0 atom stereocenters. The van der Waals surface area contributed by atoms with Crippen LogP contribution < -0.4 is 14.5 Å². The number of anilines is 4. The molecule has 5 nitrogen and oxygen atoms in total. The monoisotopic (exact) mass is 910 g/mol. The highest BCUT2D eigenvalue weighted by molar-refractivity contribution is 6.09. The second-order valence-corrected chi connectivity index (χ2v) is 19.7. The van der Waals surface area contributed by atoms with Crippen molar-refractivity contribution in [1.82, 2.24) is 9.55 Å². The minimum atomic E-state index is -0.685. The molecule has 0 saturated heterocycles. The van der Waals surface area contributed by atoms with E-state index in [1.807, 2.05) is 136 Å². The van der Waals surface area contributed by atoms with Gasteiger partial charge in [-0.15, -0.1) is 0 Å². The average Bonchev–Trinajstić information content (AvgIpc) is 3.91. The van der Waals surface area contributed by atoms with Crippen molar-refractivity contribution in [3.05, 3.63) is 217 Å². The molecule has 2 aromatic heterocycles. The van der Waals surface area contributed by atoms with E-state index in [2.05, 4.69) is 65.5 Å². The Morgan fingerprint density at radius 3 is 1.88 bits per heavy atom. The molecule has 10 aromatic rings. The Balaban J connectivity index is 1.10. The molecule has 0 fully saturated rings. The zero-order valence-electron chi connectivity index (χ0n) is 43.3. The lowest BCUT2D eigenvalue weighted by Gasteiger charge is -2.27. The number of hydrogen-bond donors (Lipinski definition) is 0. The Hall–Kier alpha value is -8.03. The number of para-hydroxylation sites is 4. The van der Waals surface area contributed by atoms with Crippen LogP contribution in [0.3, 0.4) is 0 Å². The highest BCUT2D eigenvalue weighted by atomic mass is 19.1. The van der Waals surface area contributed by atoms with Gasteiger partial charge < -0.3 is 14.5 Å². The van der Waals surface area contributed by atoms with Crippen LogP contribution in [-0.2, 0) is 10.8 Å². The number of benzene rings is 8. The minimum Gasteiger partial charge on any atom is -0.457 e. The Morgan fingerprint density at radius 1 is 0.507 bits per heavy atom. The number of ether oxygens (including phenoxy) is 1. The highest BCUT2D eigenvalue weighted by Crippen LogP contribution is 2.51. The van der Waals surface area contributed by atoms with E-state index in [0.29, 0.717) is 39.4 Å². The summed E-state index contributed by atoms with van der Waals surface area (Å²) in [6, 6.07) is 50.7. The van der Waals surface area contributed by atoms with Crippen LogP contribution >= 0.6 is 0 Å². The van der Waals surface area contributed by atoms with Crippen molar-refractivity contribution >= 4 is 44.6 Å². The maximum Gasteiger partial charge on any atom is 0.137 e. The first-order valence-electron chi connectivity index (χ1n) is 25.2. The van der Waals surface area contributed by atoms with Crippen LogP contribution in [0.25, 0.3) is 61.0 Å². The van der Waals surface area contributed by atoms with Gasteiger partial charge in [0.25, 0.3) is 0 Å². The number of hydrogen-bond acceptors (Lipinski definition) is 4. The van der Waals surface area contributed by atoms with Crippen LogP contribution in [0, 0.1) is 11.6 Å². The molecule has 0 saturated carbocycles. The molecule has 0 bridgehead atoms. The number of nitrogens with zero attached hydrogens (tertiary/aromatic N) is 4. The number of aromatic nitrogens is 2. The van der Waals surface area contributed by atoms with Crippen LogP contribution in [0.2, 0.25) is 0 Å². The predicted molar refractivity (Wildman–Crippen MR) is 281 cm³/mol. The molecule has 0 amide bonds. The smallest absolute Gasteiger partial charge is 0.137 e. The van der Waals surface area contributed by atoms with Gasteiger partial charge in [-0.3, -0.25) is 4.57 Å². The minimum absolute atomic E-state index is 0.102. The first-order valence-corrected chi connectivity index (χ1v) is 23.2. The van der Waals surface area contributed by atoms with Crippen molar-refractivity contribution in [2.24, 2.45) is 0 Å². The summed E-state index contributed by atoms with van der Waals surface area (Å²) in [5.41, 5.74) is 9.00. The molecule has 1 aliphatic rings. The normalized spacial score (nSPS) is 13.6. The summed E-state index contributed by atoms with van der Waals surface area (Å²) < 4.78 is 76.6. The van der Waals surface area contributed by atoms with Gasteiger partial charge in [-0.25, -0.2) is 13.8 Å². The van der Waals surface area contributed by atoms with Crippen molar-refractivity contribution in [2.75, 3.05) is 16.5 Å². The highest BCUT2D eigenvalue weighted by Gasteiger charge is 2.32. The van der Waals surface area contributed by atoms with E-state index in [4.69, 9.17) is 9.72 Å². The lowest BCUT2D eigenvalue weighted by atomic mass is 9.86. The fraction of sp³-hybridized carbons (Fsp3) is 0.145. The third kappa shape index (κ3) is 8.18. The number of fused-ring (bicyclic) bond motifs is 4. The van der Waals surface area contributed by atoms with Crippen molar-refractivity contribution in [3.8, 4) is 50.7 Å². The molecule has 0 aliphatic carbocycles. The SMILES string of the molecule is [2H]c1c([2H])c(C(C)(C)C)c([2H])c([2H])c1-c1cc(Oc2ccc3c4ccccc4n(-c4cc(C(C)(C)C)ccn4)c3c2)cc(N2CN(c3c(-c4ccccc4)cccc3-c3cc(F)cc(F)c3)c3ccccc32)c1. The maximum absolute atomic E-state index is 15.1. The van der Waals surface area contributed by atoms with Gasteiger partial charge in [0, 0.05) is 52.0 Å². The van der Waals surface area contributed by atoms with E-state index in [9.17, 15) is 5.48 Å². The predicted octanol–water partition coefficient (Wildman–Crippen LogP) is 17.1. The summed E-state index contributed by atoms with van der Waals surface area (Å²) in [5, 5.41) is 2.09. The van der Waals surface area contributed by atoms with E-state index in [1.54, 1.807) is 6.07 Å². The van der Waals surface area contributed by atoms with Gasteiger partial charge in [-0.05, 0) is 111 Å². The summed E-state index contributed by atoms with van der Waals surface area (Å²) in [5.74, 6) is 0.335. The maximum atomic E-state index is 15.1. The summed E-state index contributed by atoms with van der Waals surface area (Å²) in [4.78, 5) is 9.13. The summed E-state index contributed by atoms with van der Waals surface area (Å²) >= 11 is 0. The van der Waals surface area contributed by atoms with Crippen molar-refractivity contribution in [2.45, 2.75) is 52.4 Å². The first-order chi connectivity index (χ1) is 34.9. The molecule has 0 spiro atoms. The van der Waals surface area contributed by atoms with Crippen molar-refractivity contribution in [1.29, 1.82) is 0 Å². The molecule has 69 heavy (non-hydrogen) atoms. The Kier molecular flexibility index (Phi) is 9.58. The molecular weight excluding hydrogens is 855 g/mol. The van der Waals surface area contributed by atoms with Crippen LogP contribution in [0.4, 0.5) is 31.5 Å². The van der Waals surface area contributed by atoms with Crippen LogP contribution in [0.15, 0.2) is 194 Å². The van der Waals surface area contributed by atoms with E-state index < -0.39 is 17.0 Å². The van der Waals surface area contributed by atoms with E-state index in [1.165, 1.54) is 12.1 Å². The van der Waals surface area contributed by atoms with E-state index in [-0.39, 0.29) is 41.8 Å². The third-order valence-corrected chi connectivity index (χ3v) is 12.9. The zero-order chi connectivity index (χ0) is 51.1. The molecule has 340 valence electrons. The van der Waals surface area contributed by atoms with E-state index in [0.717, 1.165) is 67.4 Å². The standard InChI is InChI=1S/C62H52F2N4O/c1-61(2,3)44-25-23-40(24-26-44)42-33-48(37-50(34-42)69-49-27-28-54-53-17-10-11-20-55(53)68(58(54)38-49)59-35-45(29-30-65-59)62(4,5)6)66-39-67(57-22-13-12-21-56(57)66)60-51(41-15-8-7-9-16-41)18-14-19-52(60)43-31-46(63)36-47(64)32-43/h7-38H,39H2,1-6H3/i23D,24D,25D,26D. The Morgan fingerprint density at radius 2 is 1.16 bits per heavy atom. The second-order valence-electron chi connectivity index (χ2n) is 19.7. The Labute approximate surface area is 408 Å². The molecule has 8 aromatic carbocycles. The number of rotatable bonds is 8. The Bertz CT molecular complexity index is 3770. The molecule has 7 heteroatoms. The van der Waals surface area contributed by atoms with Gasteiger partial charge in [-0.1, -0.05) is 145 Å². The first kappa shape index (κ1) is 39.0. The lowest BCUT2D eigenvalue weighted by Crippen LogP contribution is -2.25. The molecule has 0 unspecified atom stereocenters. The molecule has 3 heterocycles.